The van der Waals surface area contributed by atoms with E-state index in [0.717, 1.165) is 6.61 Å². The lowest BCUT2D eigenvalue weighted by molar-refractivity contribution is 0.111. The van der Waals surface area contributed by atoms with Crippen LogP contribution >= 0.6 is 0 Å². The highest BCUT2D eigenvalue weighted by Gasteiger charge is 2.24. The minimum atomic E-state index is 0.406. The van der Waals surface area contributed by atoms with Crippen molar-refractivity contribution in [2.75, 3.05) is 6.61 Å². The topological polar surface area (TPSA) is 21.3 Å². The molecule has 3 atom stereocenters. The van der Waals surface area contributed by atoms with Gasteiger partial charge in [0, 0.05) is 18.7 Å². The highest BCUT2D eigenvalue weighted by atomic mass is 16.5. The van der Waals surface area contributed by atoms with E-state index in [-0.39, 0.29) is 0 Å². The summed E-state index contributed by atoms with van der Waals surface area (Å²) in [6.07, 6.45) is 6.92. The predicted octanol–water partition coefficient (Wildman–Crippen LogP) is 2.72. The summed E-state index contributed by atoms with van der Waals surface area (Å²) < 4.78 is 5.53. The first-order valence-electron chi connectivity index (χ1n) is 6.11. The molecule has 0 aliphatic carbocycles. The summed E-state index contributed by atoms with van der Waals surface area (Å²) in [7, 11) is 0. The fourth-order valence-corrected chi connectivity index (χ4v) is 2.10. The van der Waals surface area contributed by atoms with Crippen LogP contribution in [0.3, 0.4) is 0 Å². The molecule has 2 nitrogen and oxygen atoms in total. The largest absolute Gasteiger partial charge is 0.377 e. The van der Waals surface area contributed by atoms with E-state index in [1.807, 2.05) is 0 Å². The Hall–Kier alpha value is -0.0800. The molecule has 0 amide bonds. The van der Waals surface area contributed by atoms with Gasteiger partial charge in [-0.15, -0.1) is 0 Å². The van der Waals surface area contributed by atoms with Gasteiger partial charge in [-0.05, 0) is 26.7 Å². The van der Waals surface area contributed by atoms with Gasteiger partial charge >= 0.3 is 0 Å². The average Bonchev–Trinajstić information content (AvgIpc) is 2.52. The second-order valence-corrected chi connectivity index (χ2v) is 4.53. The molecule has 84 valence electrons. The molecule has 1 fully saturated rings. The normalized spacial score (nSPS) is 29.4. The number of unbranched alkanes of at least 4 members (excludes halogenated alkanes) is 2. The van der Waals surface area contributed by atoms with Crippen molar-refractivity contribution in [1.82, 2.24) is 5.32 Å². The third-order valence-electron chi connectivity index (χ3n) is 3.12. The van der Waals surface area contributed by atoms with Crippen molar-refractivity contribution < 1.29 is 4.74 Å². The maximum atomic E-state index is 5.53. The first kappa shape index (κ1) is 12.0. The minimum Gasteiger partial charge on any atom is -0.377 e. The van der Waals surface area contributed by atoms with Crippen LogP contribution in [0.2, 0.25) is 0 Å². The van der Waals surface area contributed by atoms with E-state index < -0.39 is 0 Å². The fourth-order valence-electron chi connectivity index (χ4n) is 2.10. The molecule has 3 unspecified atom stereocenters. The molecule has 0 radical (unpaired) electrons. The van der Waals surface area contributed by atoms with Gasteiger partial charge in [-0.2, -0.15) is 0 Å². The Labute approximate surface area is 88.4 Å². The highest BCUT2D eigenvalue weighted by Crippen LogP contribution is 2.14. The molecule has 2 heteroatoms. The molecule has 0 spiro atoms. The van der Waals surface area contributed by atoms with Crippen molar-refractivity contribution in [3.63, 3.8) is 0 Å². The summed E-state index contributed by atoms with van der Waals surface area (Å²) >= 11 is 0. The van der Waals surface area contributed by atoms with E-state index in [2.05, 4.69) is 26.1 Å². The van der Waals surface area contributed by atoms with Gasteiger partial charge in [0.1, 0.15) is 0 Å². The number of hydrogen-bond acceptors (Lipinski definition) is 2. The van der Waals surface area contributed by atoms with Crippen LogP contribution in [0.5, 0.6) is 0 Å². The van der Waals surface area contributed by atoms with Gasteiger partial charge in [0.05, 0.1) is 6.10 Å². The Balaban J connectivity index is 2.09. The van der Waals surface area contributed by atoms with Crippen LogP contribution in [0.1, 0.15) is 52.9 Å². The first-order valence-corrected chi connectivity index (χ1v) is 6.11. The van der Waals surface area contributed by atoms with E-state index in [1.54, 1.807) is 0 Å². The Morgan fingerprint density at radius 1 is 1.43 bits per heavy atom. The molecule has 1 rings (SSSR count). The Morgan fingerprint density at radius 2 is 2.21 bits per heavy atom. The third kappa shape index (κ3) is 3.97. The molecule has 1 N–H and O–H groups in total. The molecule has 14 heavy (non-hydrogen) atoms. The number of rotatable bonds is 6. The Kier molecular flexibility index (Phi) is 5.49. The lowest BCUT2D eigenvalue weighted by Crippen LogP contribution is -2.40. The van der Waals surface area contributed by atoms with Crippen molar-refractivity contribution in [3.05, 3.63) is 0 Å². The number of hydrogen-bond donors (Lipinski definition) is 1. The molecule has 1 saturated heterocycles. The number of ether oxygens (including phenoxy) is 1. The van der Waals surface area contributed by atoms with Crippen LogP contribution in [-0.2, 0) is 4.74 Å². The molecule has 0 aromatic carbocycles. The summed E-state index contributed by atoms with van der Waals surface area (Å²) in [5.41, 5.74) is 0. The minimum absolute atomic E-state index is 0.406. The third-order valence-corrected chi connectivity index (χ3v) is 3.12. The smallest absolute Gasteiger partial charge is 0.0700 e. The second kappa shape index (κ2) is 6.41. The van der Waals surface area contributed by atoms with Crippen molar-refractivity contribution >= 4 is 0 Å². The zero-order valence-corrected chi connectivity index (χ0v) is 9.88. The van der Waals surface area contributed by atoms with Crippen molar-refractivity contribution in [3.8, 4) is 0 Å². The lowest BCUT2D eigenvalue weighted by Gasteiger charge is -2.21. The zero-order chi connectivity index (χ0) is 10.4. The molecular formula is C12H25NO. The van der Waals surface area contributed by atoms with Gasteiger partial charge in [-0.3, -0.25) is 0 Å². The molecule has 0 aromatic rings. The summed E-state index contributed by atoms with van der Waals surface area (Å²) in [5.74, 6) is 0. The van der Waals surface area contributed by atoms with E-state index in [9.17, 15) is 0 Å². The zero-order valence-electron chi connectivity index (χ0n) is 9.88. The van der Waals surface area contributed by atoms with Crippen molar-refractivity contribution in [1.29, 1.82) is 0 Å². The van der Waals surface area contributed by atoms with E-state index >= 15 is 0 Å². The molecule has 0 aromatic heterocycles. The summed E-state index contributed by atoms with van der Waals surface area (Å²) in [5, 5.41) is 3.66. The monoisotopic (exact) mass is 199 g/mol. The molecule has 1 aliphatic heterocycles. The SMILES string of the molecule is CCCCCC(C)NC1CCOC1C. The van der Waals surface area contributed by atoms with Crippen LogP contribution in [0.4, 0.5) is 0 Å². The number of nitrogens with one attached hydrogen (secondary N) is 1. The van der Waals surface area contributed by atoms with Crippen LogP contribution in [-0.4, -0.2) is 24.8 Å². The average molecular weight is 199 g/mol. The fraction of sp³-hybridized carbons (Fsp3) is 1.00. The van der Waals surface area contributed by atoms with Gasteiger partial charge in [-0.1, -0.05) is 26.2 Å². The van der Waals surface area contributed by atoms with Gasteiger partial charge in [0.15, 0.2) is 0 Å². The molecule has 1 aliphatic rings. The molecule has 0 bridgehead atoms. The maximum Gasteiger partial charge on any atom is 0.0700 e. The summed E-state index contributed by atoms with van der Waals surface area (Å²) in [4.78, 5) is 0. The Bertz CT molecular complexity index is 149. The van der Waals surface area contributed by atoms with Crippen molar-refractivity contribution in [2.24, 2.45) is 0 Å². The van der Waals surface area contributed by atoms with Crippen LogP contribution in [0.15, 0.2) is 0 Å². The van der Waals surface area contributed by atoms with E-state index in [0.29, 0.717) is 18.2 Å². The molecule has 0 saturated carbocycles. The van der Waals surface area contributed by atoms with E-state index in [1.165, 1.54) is 32.1 Å². The van der Waals surface area contributed by atoms with E-state index in [4.69, 9.17) is 4.74 Å². The molecule has 1 heterocycles. The predicted molar refractivity (Wildman–Crippen MR) is 60.6 cm³/mol. The maximum absolute atomic E-state index is 5.53. The van der Waals surface area contributed by atoms with Gasteiger partial charge in [0.2, 0.25) is 0 Å². The Morgan fingerprint density at radius 3 is 2.79 bits per heavy atom. The summed E-state index contributed by atoms with van der Waals surface area (Å²) in [6, 6.07) is 1.24. The first-order chi connectivity index (χ1) is 6.74. The quantitative estimate of drug-likeness (QED) is 0.664. The van der Waals surface area contributed by atoms with Crippen LogP contribution in [0.25, 0.3) is 0 Å². The van der Waals surface area contributed by atoms with Crippen LogP contribution in [0, 0.1) is 0 Å². The van der Waals surface area contributed by atoms with Crippen LogP contribution < -0.4 is 5.32 Å². The van der Waals surface area contributed by atoms with Gasteiger partial charge in [-0.25, -0.2) is 0 Å². The van der Waals surface area contributed by atoms with Gasteiger partial charge < -0.3 is 10.1 Å². The lowest BCUT2D eigenvalue weighted by atomic mass is 10.1. The summed E-state index contributed by atoms with van der Waals surface area (Å²) in [6.45, 7) is 7.65. The standard InChI is InChI=1S/C12H25NO/c1-4-5-6-7-10(2)13-12-8-9-14-11(12)3/h10-13H,4-9H2,1-3H3. The van der Waals surface area contributed by atoms with Gasteiger partial charge in [0.25, 0.3) is 0 Å². The highest BCUT2D eigenvalue weighted by molar-refractivity contribution is 4.81. The molecular weight excluding hydrogens is 174 g/mol. The second-order valence-electron chi connectivity index (χ2n) is 4.53. The van der Waals surface area contributed by atoms with Crippen molar-refractivity contribution in [2.45, 2.75) is 71.1 Å².